The quantitative estimate of drug-likeness (QED) is 0.861. The zero-order valence-corrected chi connectivity index (χ0v) is 11.0. The summed E-state index contributed by atoms with van der Waals surface area (Å²) in [6.07, 6.45) is 0. The highest BCUT2D eigenvalue weighted by Crippen LogP contribution is 2.29. The maximum Gasteiger partial charge on any atom is 0.231 e. The lowest BCUT2D eigenvalue weighted by molar-refractivity contribution is -0.123. The molecule has 6 heteroatoms. The summed E-state index contributed by atoms with van der Waals surface area (Å²) in [6, 6.07) is 1.97. The first-order valence-electron chi connectivity index (χ1n) is 5.34. The Balaban J connectivity index is 2.37. The smallest absolute Gasteiger partial charge is 0.231 e. The molecule has 0 aliphatic heterocycles. The fourth-order valence-electron chi connectivity index (χ4n) is 1.30. The number of nitrogens with zero attached hydrogens (tertiary/aromatic N) is 1. The second-order valence-corrected chi connectivity index (χ2v) is 5.99. The molecule has 18 heavy (non-hydrogen) atoms. The average Bonchev–Trinajstić information content (AvgIpc) is 2.58. The highest BCUT2D eigenvalue weighted by Gasteiger charge is 2.22. The van der Waals surface area contributed by atoms with Crippen LogP contribution in [0, 0.1) is 17.0 Å². The lowest BCUT2D eigenvalue weighted by atomic mass is 9.96. The number of nitrogens with one attached hydrogen (secondary N) is 1. The number of fused-ring (bicyclic) bond motifs is 1. The van der Waals surface area contributed by atoms with Crippen LogP contribution in [-0.2, 0) is 4.79 Å². The maximum absolute atomic E-state index is 13.4. The van der Waals surface area contributed by atoms with Gasteiger partial charge in [0.2, 0.25) is 5.91 Å². The second-order valence-electron chi connectivity index (χ2n) is 4.96. The minimum atomic E-state index is -0.725. The molecule has 0 fully saturated rings. The molecule has 96 valence electrons. The van der Waals surface area contributed by atoms with Crippen LogP contribution in [0.1, 0.15) is 20.8 Å². The Morgan fingerprint density at radius 3 is 2.61 bits per heavy atom. The predicted molar refractivity (Wildman–Crippen MR) is 67.6 cm³/mol. The molecule has 1 amide bonds. The van der Waals surface area contributed by atoms with E-state index in [1.165, 1.54) is 6.07 Å². The second kappa shape index (κ2) is 4.28. The summed E-state index contributed by atoms with van der Waals surface area (Å²) in [5.74, 6) is -1.60. The number of rotatable bonds is 1. The van der Waals surface area contributed by atoms with Crippen molar-refractivity contribution in [1.29, 1.82) is 0 Å². The Morgan fingerprint density at radius 2 is 2.00 bits per heavy atom. The molecule has 1 aromatic heterocycles. The Morgan fingerprint density at radius 1 is 1.33 bits per heavy atom. The van der Waals surface area contributed by atoms with Crippen LogP contribution in [0.4, 0.5) is 13.9 Å². The van der Waals surface area contributed by atoms with Crippen molar-refractivity contribution >= 4 is 32.6 Å². The van der Waals surface area contributed by atoms with Crippen LogP contribution >= 0.6 is 11.3 Å². The van der Waals surface area contributed by atoms with Crippen LogP contribution in [0.3, 0.4) is 0 Å². The van der Waals surface area contributed by atoms with Gasteiger partial charge in [0.25, 0.3) is 0 Å². The summed E-state index contributed by atoms with van der Waals surface area (Å²) in [6.45, 7) is 5.28. The number of thiazole rings is 1. The molecular weight excluding hydrogens is 258 g/mol. The van der Waals surface area contributed by atoms with Gasteiger partial charge in [-0.2, -0.15) is 0 Å². The molecule has 0 bridgehead atoms. The molecule has 0 aliphatic carbocycles. The first-order chi connectivity index (χ1) is 8.27. The normalized spacial score (nSPS) is 11.8. The lowest BCUT2D eigenvalue weighted by Crippen LogP contribution is -2.27. The predicted octanol–water partition coefficient (Wildman–Crippen LogP) is 3.56. The van der Waals surface area contributed by atoms with Crippen LogP contribution < -0.4 is 5.32 Å². The number of anilines is 1. The summed E-state index contributed by atoms with van der Waals surface area (Å²) in [4.78, 5) is 15.7. The van der Waals surface area contributed by atoms with E-state index in [2.05, 4.69) is 10.3 Å². The molecule has 3 nitrogen and oxygen atoms in total. The first kappa shape index (κ1) is 12.9. The summed E-state index contributed by atoms with van der Waals surface area (Å²) >= 11 is 1.05. The molecule has 1 aromatic carbocycles. The van der Waals surface area contributed by atoms with Gasteiger partial charge in [0.1, 0.15) is 11.3 Å². The van der Waals surface area contributed by atoms with Crippen LogP contribution in [-0.4, -0.2) is 10.9 Å². The highest BCUT2D eigenvalue weighted by molar-refractivity contribution is 7.22. The van der Waals surface area contributed by atoms with Crippen LogP contribution in [0.5, 0.6) is 0 Å². The largest absolute Gasteiger partial charge is 0.301 e. The van der Waals surface area contributed by atoms with E-state index in [0.717, 1.165) is 17.4 Å². The van der Waals surface area contributed by atoms with E-state index in [1.807, 2.05) is 0 Å². The van der Waals surface area contributed by atoms with E-state index in [9.17, 15) is 13.6 Å². The Labute approximate surface area is 107 Å². The van der Waals surface area contributed by atoms with Crippen molar-refractivity contribution in [3.05, 3.63) is 23.8 Å². The Hall–Kier alpha value is -1.56. The molecule has 0 radical (unpaired) electrons. The first-order valence-corrected chi connectivity index (χ1v) is 6.16. The van der Waals surface area contributed by atoms with Crippen molar-refractivity contribution in [3.63, 3.8) is 0 Å². The van der Waals surface area contributed by atoms with Crippen molar-refractivity contribution in [2.45, 2.75) is 20.8 Å². The van der Waals surface area contributed by atoms with Crippen molar-refractivity contribution in [1.82, 2.24) is 4.98 Å². The lowest BCUT2D eigenvalue weighted by Gasteiger charge is -2.15. The van der Waals surface area contributed by atoms with E-state index in [0.29, 0.717) is 4.70 Å². The number of hydrogen-bond donors (Lipinski definition) is 1. The highest BCUT2D eigenvalue weighted by atomic mass is 32.1. The topological polar surface area (TPSA) is 42.0 Å². The van der Waals surface area contributed by atoms with Crippen LogP contribution in [0.25, 0.3) is 10.2 Å². The summed E-state index contributed by atoms with van der Waals surface area (Å²) in [5.41, 5.74) is -0.493. The van der Waals surface area contributed by atoms with E-state index >= 15 is 0 Å². The SMILES string of the molecule is CC(C)(C)C(=O)Nc1nc2c(F)cc(F)cc2s1. The standard InChI is InChI=1S/C12H12F2N2OS/c1-12(2,3)10(17)16-11-15-9-7(14)4-6(13)5-8(9)18-11/h4-5H,1-3H3,(H,15,16,17). The fraction of sp³-hybridized carbons (Fsp3) is 0.333. The molecule has 0 spiro atoms. The number of benzene rings is 1. The fourth-order valence-corrected chi connectivity index (χ4v) is 2.20. The van der Waals surface area contributed by atoms with Crippen molar-refractivity contribution in [3.8, 4) is 0 Å². The molecule has 0 saturated heterocycles. The molecule has 1 heterocycles. The molecule has 1 N–H and O–H groups in total. The molecule has 0 aliphatic rings. The zero-order chi connectivity index (χ0) is 13.5. The third kappa shape index (κ3) is 2.48. The molecule has 0 atom stereocenters. The minimum Gasteiger partial charge on any atom is -0.301 e. The molecular formula is C12H12F2N2OS. The van der Waals surface area contributed by atoms with Gasteiger partial charge in [-0.1, -0.05) is 32.1 Å². The Kier molecular flexibility index (Phi) is 3.06. The summed E-state index contributed by atoms with van der Waals surface area (Å²) < 4.78 is 26.8. The number of amides is 1. The van der Waals surface area contributed by atoms with E-state index in [1.54, 1.807) is 20.8 Å². The van der Waals surface area contributed by atoms with Gasteiger partial charge in [-0.05, 0) is 6.07 Å². The van der Waals surface area contributed by atoms with Crippen molar-refractivity contribution in [2.24, 2.45) is 5.41 Å². The number of aromatic nitrogens is 1. The summed E-state index contributed by atoms with van der Waals surface area (Å²) in [5, 5.41) is 2.87. The van der Waals surface area contributed by atoms with Crippen LogP contribution in [0.15, 0.2) is 12.1 Å². The van der Waals surface area contributed by atoms with Gasteiger partial charge < -0.3 is 5.32 Å². The van der Waals surface area contributed by atoms with Gasteiger partial charge in [-0.3, -0.25) is 4.79 Å². The summed E-state index contributed by atoms with van der Waals surface area (Å²) in [7, 11) is 0. The minimum absolute atomic E-state index is 0.0746. The number of hydrogen-bond acceptors (Lipinski definition) is 3. The molecule has 0 saturated carbocycles. The number of carbonyl (C=O) groups excluding carboxylic acids is 1. The Bertz CT molecular complexity index is 616. The van der Waals surface area contributed by atoms with Crippen LogP contribution in [0.2, 0.25) is 0 Å². The number of carbonyl (C=O) groups is 1. The van der Waals surface area contributed by atoms with Gasteiger partial charge in [-0.15, -0.1) is 0 Å². The van der Waals surface area contributed by atoms with Crippen molar-refractivity contribution < 1.29 is 13.6 Å². The van der Waals surface area contributed by atoms with Gasteiger partial charge in [0, 0.05) is 11.5 Å². The van der Waals surface area contributed by atoms with E-state index < -0.39 is 17.0 Å². The van der Waals surface area contributed by atoms with E-state index in [-0.39, 0.29) is 16.6 Å². The third-order valence-electron chi connectivity index (χ3n) is 2.31. The molecule has 2 aromatic rings. The molecule has 2 rings (SSSR count). The number of halogens is 2. The molecule has 0 unspecified atom stereocenters. The van der Waals surface area contributed by atoms with Gasteiger partial charge in [0.05, 0.1) is 4.70 Å². The average molecular weight is 270 g/mol. The van der Waals surface area contributed by atoms with Gasteiger partial charge in [-0.25, -0.2) is 13.8 Å². The zero-order valence-electron chi connectivity index (χ0n) is 10.2. The monoisotopic (exact) mass is 270 g/mol. The third-order valence-corrected chi connectivity index (χ3v) is 3.23. The maximum atomic E-state index is 13.4. The van der Waals surface area contributed by atoms with Crippen molar-refractivity contribution in [2.75, 3.05) is 5.32 Å². The van der Waals surface area contributed by atoms with E-state index in [4.69, 9.17) is 0 Å². The van der Waals surface area contributed by atoms with Gasteiger partial charge >= 0.3 is 0 Å². The van der Waals surface area contributed by atoms with Gasteiger partial charge in [0.15, 0.2) is 10.9 Å².